The van der Waals surface area contributed by atoms with E-state index >= 15 is 0 Å². The van der Waals surface area contributed by atoms with E-state index < -0.39 is 0 Å². The van der Waals surface area contributed by atoms with Crippen molar-refractivity contribution in [2.24, 2.45) is 0 Å². The third-order valence-electron chi connectivity index (χ3n) is 1.79. The summed E-state index contributed by atoms with van der Waals surface area (Å²) >= 11 is 1.73. The van der Waals surface area contributed by atoms with Gasteiger partial charge < -0.3 is 0 Å². The normalized spacial score (nSPS) is 9.79. The first kappa shape index (κ1) is 11.1. The summed E-state index contributed by atoms with van der Waals surface area (Å²) in [6.45, 7) is 2.10. The van der Waals surface area contributed by atoms with E-state index in [-0.39, 0.29) is 5.82 Å². The summed E-state index contributed by atoms with van der Waals surface area (Å²) in [6, 6.07) is 6.38. The quantitative estimate of drug-likeness (QED) is 0.710. The first-order valence-electron chi connectivity index (χ1n) is 4.54. The fraction of sp³-hybridized carbons (Fsp3) is 0.364. The van der Waals surface area contributed by atoms with Crippen molar-refractivity contribution >= 4 is 11.8 Å². The summed E-state index contributed by atoms with van der Waals surface area (Å²) in [5, 5.41) is 8.78. The zero-order chi connectivity index (χ0) is 10.4. The second-order valence-electron chi connectivity index (χ2n) is 2.97. The zero-order valence-corrected chi connectivity index (χ0v) is 8.90. The van der Waals surface area contributed by atoms with E-state index in [4.69, 9.17) is 5.26 Å². The van der Waals surface area contributed by atoms with Gasteiger partial charge >= 0.3 is 0 Å². The Balaban J connectivity index is 2.73. The lowest BCUT2D eigenvalue weighted by atomic mass is 10.1. The molecule has 14 heavy (non-hydrogen) atoms. The van der Waals surface area contributed by atoms with Gasteiger partial charge in [-0.3, -0.25) is 0 Å². The molecule has 0 aromatic heterocycles. The lowest BCUT2D eigenvalue weighted by Crippen LogP contribution is -1.90. The molecule has 1 rings (SSSR count). The van der Waals surface area contributed by atoms with Crippen LogP contribution >= 0.6 is 11.8 Å². The fourth-order valence-electron chi connectivity index (χ4n) is 1.12. The van der Waals surface area contributed by atoms with Gasteiger partial charge in [0.05, 0.1) is 11.6 Å². The van der Waals surface area contributed by atoms with E-state index in [9.17, 15) is 4.39 Å². The largest absolute Gasteiger partial charge is 0.207 e. The highest BCUT2D eigenvalue weighted by molar-refractivity contribution is 7.98. The molecule has 0 saturated heterocycles. The Hall–Kier alpha value is -1.01. The molecule has 1 aromatic carbocycles. The number of benzene rings is 1. The Morgan fingerprint density at radius 2 is 2.29 bits per heavy atom. The minimum absolute atomic E-state index is 0.268. The molecule has 0 unspecified atom stereocenters. The van der Waals surface area contributed by atoms with Crippen molar-refractivity contribution in [2.75, 3.05) is 5.75 Å². The second kappa shape index (κ2) is 5.66. The number of nitriles is 1. The molecular formula is C11H12FNS. The summed E-state index contributed by atoms with van der Waals surface area (Å²) in [6.07, 6.45) is 1.10. The number of halogens is 1. The average molecular weight is 209 g/mol. The molecular weight excluding hydrogens is 197 g/mol. The topological polar surface area (TPSA) is 23.8 Å². The predicted octanol–water partition coefficient (Wildman–Crippen LogP) is 3.34. The van der Waals surface area contributed by atoms with E-state index in [1.807, 2.05) is 0 Å². The van der Waals surface area contributed by atoms with Crippen LogP contribution in [0.2, 0.25) is 0 Å². The molecule has 0 aliphatic heterocycles. The van der Waals surface area contributed by atoms with Crippen molar-refractivity contribution in [3.8, 4) is 6.07 Å². The van der Waals surface area contributed by atoms with Crippen LogP contribution in [0.5, 0.6) is 0 Å². The van der Waals surface area contributed by atoms with E-state index in [0.717, 1.165) is 17.7 Å². The molecule has 0 atom stereocenters. The summed E-state index contributed by atoms with van der Waals surface area (Å²) in [5.74, 6) is 1.49. The van der Waals surface area contributed by atoms with Gasteiger partial charge in [-0.1, -0.05) is 6.92 Å². The lowest BCUT2D eigenvalue weighted by molar-refractivity contribution is 0.626. The summed E-state index contributed by atoms with van der Waals surface area (Å²) in [7, 11) is 0. The van der Waals surface area contributed by atoms with Crippen LogP contribution < -0.4 is 0 Å². The monoisotopic (exact) mass is 209 g/mol. The minimum atomic E-state index is -0.268. The Morgan fingerprint density at radius 1 is 1.50 bits per heavy atom. The maximum Gasteiger partial charge on any atom is 0.123 e. The molecule has 3 heteroatoms. The summed E-state index contributed by atoms with van der Waals surface area (Å²) in [4.78, 5) is 0. The average Bonchev–Trinajstić information content (AvgIpc) is 2.19. The van der Waals surface area contributed by atoms with E-state index in [2.05, 4.69) is 13.0 Å². The molecule has 0 saturated carbocycles. The Bertz CT molecular complexity index is 344. The highest BCUT2D eigenvalue weighted by Crippen LogP contribution is 2.17. The van der Waals surface area contributed by atoms with Crippen molar-refractivity contribution in [3.05, 3.63) is 35.1 Å². The van der Waals surface area contributed by atoms with Crippen molar-refractivity contribution in [1.82, 2.24) is 0 Å². The molecule has 0 bridgehead atoms. The van der Waals surface area contributed by atoms with Crippen LogP contribution in [-0.2, 0) is 5.75 Å². The molecule has 0 radical (unpaired) electrons. The molecule has 74 valence electrons. The van der Waals surface area contributed by atoms with Gasteiger partial charge in [0.1, 0.15) is 5.82 Å². The third kappa shape index (κ3) is 3.04. The van der Waals surface area contributed by atoms with Gasteiger partial charge in [-0.15, -0.1) is 0 Å². The van der Waals surface area contributed by atoms with Crippen LogP contribution in [0.15, 0.2) is 18.2 Å². The molecule has 0 heterocycles. The number of rotatable bonds is 4. The van der Waals surface area contributed by atoms with Crippen LogP contribution in [0, 0.1) is 17.1 Å². The van der Waals surface area contributed by atoms with Crippen LogP contribution in [0.4, 0.5) is 4.39 Å². The molecule has 0 aliphatic carbocycles. The van der Waals surface area contributed by atoms with E-state index in [0.29, 0.717) is 11.3 Å². The van der Waals surface area contributed by atoms with Crippen molar-refractivity contribution < 1.29 is 4.39 Å². The van der Waals surface area contributed by atoms with Crippen molar-refractivity contribution in [1.29, 1.82) is 5.26 Å². The molecule has 0 N–H and O–H groups in total. The molecule has 0 spiro atoms. The third-order valence-corrected chi connectivity index (χ3v) is 3.01. The Morgan fingerprint density at radius 3 is 2.93 bits per heavy atom. The zero-order valence-electron chi connectivity index (χ0n) is 8.09. The maximum absolute atomic E-state index is 12.9. The van der Waals surface area contributed by atoms with E-state index in [1.165, 1.54) is 18.2 Å². The van der Waals surface area contributed by atoms with Crippen LogP contribution in [0.1, 0.15) is 24.5 Å². The Kier molecular flexibility index (Phi) is 4.48. The number of hydrogen-bond acceptors (Lipinski definition) is 2. The Labute approximate surface area is 87.9 Å². The highest BCUT2D eigenvalue weighted by atomic mass is 32.2. The minimum Gasteiger partial charge on any atom is -0.207 e. The molecule has 0 fully saturated rings. The van der Waals surface area contributed by atoms with Crippen LogP contribution in [0.3, 0.4) is 0 Å². The number of nitrogens with zero attached hydrogens (tertiary/aromatic N) is 1. The van der Waals surface area contributed by atoms with Gasteiger partial charge in [-0.2, -0.15) is 17.0 Å². The van der Waals surface area contributed by atoms with Gasteiger partial charge in [0.25, 0.3) is 0 Å². The highest BCUT2D eigenvalue weighted by Gasteiger charge is 2.03. The smallest absolute Gasteiger partial charge is 0.123 e. The van der Waals surface area contributed by atoms with Gasteiger partial charge in [-0.05, 0) is 35.9 Å². The SMILES string of the molecule is CCCSCc1cc(F)ccc1C#N. The number of thioether (sulfide) groups is 1. The van der Waals surface area contributed by atoms with E-state index in [1.54, 1.807) is 11.8 Å². The van der Waals surface area contributed by atoms with Crippen LogP contribution in [-0.4, -0.2) is 5.75 Å². The fourth-order valence-corrected chi connectivity index (χ4v) is 2.01. The lowest BCUT2D eigenvalue weighted by Gasteiger charge is -2.02. The maximum atomic E-state index is 12.9. The second-order valence-corrected chi connectivity index (χ2v) is 4.07. The van der Waals surface area contributed by atoms with Gasteiger partial charge in [0.2, 0.25) is 0 Å². The number of hydrogen-bond donors (Lipinski definition) is 0. The summed E-state index contributed by atoms with van der Waals surface area (Å²) in [5.41, 5.74) is 1.38. The first-order chi connectivity index (χ1) is 6.77. The summed E-state index contributed by atoms with van der Waals surface area (Å²) < 4.78 is 12.9. The molecule has 0 aliphatic rings. The van der Waals surface area contributed by atoms with Gasteiger partial charge in [0.15, 0.2) is 0 Å². The molecule has 1 aromatic rings. The molecule has 0 amide bonds. The first-order valence-corrected chi connectivity index (χ1v) is 5.69. The molecule has 1 nitrogen and oxygen atoms in total. The van der Waals surface area contributed by atoms with Crippen molar-refractivity contribution in [2.45, 2.75) is 19.1 Å². The predicted molar refractivity (Wildman–Crippen MR) is 57.6 cm³/mol. The van der Waals surface area contributed by atoms with Gasteiger partial charge in [-0.25, -0.2) is 4.39 Å². The van der Waals surface area contributed by atoms with Gasteiger partial charge in [0, 0.05) is 5.75 Å². The van der Waals surface area contributed by atoms with Crippen molar-refractivity contribution in [3.63, 3.8) is 0 Å². The standard InChI is InChI=1S/C11H12FNS/c1-2-5-14-8-10-6-11(12)4-3-9(10)7-13/h3-4,6H,2,5,8H2,1H3. The van der Waals surface area contributed by atoms with Crippen LogP contribution in [0.25, 0.3) is 0 Å².